The van der Waals surface area contributed by atoms with Gasteiger partial charge >= 0.3 is 0 Å². The molecule has 1 aliphatic rings. The average molecular weight is 312 g/mol. The van der Waals surface area contributed by atoms with Gasteiger partial charge in [-0.15, -0.1) is 0 Å². The summed E-state index contributed by atoms with van der Waals surface area (Å²) in [5.41, 5.74) is 1.58. The van der Waals surface area contributed by atoms with E-state index in [9.17, 15) is 9.90 Å². The summed E-state index contributed by atoms with van der Waals surface area (Å²) in [5.74, 6) is 0.677. The summed E-state index contributed by atoms with van der Waals surface area (Å²) in [4.78, 5) is 22.6. The quantitative estimate of drug-likeness (QED) is 0.779. The van der Waals surface area contributed by atoms with Crippen LogP contribution in [0.4, 0.5) is 5.82 Å². The molecule has 2 aromatic heterocycles. The van der Waals surface area contributed by atoms with Crippen LogP contribution in [0.3, 0.4) is 0 Å². The lowest BCUT2D eigenvalue weighted by molar-refractivity contribution is 0.0952. The van der Waals surface area contributed by atoms with Crippen molar-refractivity contribution in [3.05, 3.63) is 54.0 Å². The van der Waals surface area contributed by atoms with Gasteiger partial charge in [0.25, 0.3) is 5.91 Å². The molecule has 120 valence electrons. The summed E-state index contributed by atoms with van der Waals surface area (Å²) >= 11 is 0. The third-order valence-corrected chi connectivity index (χ3v) is 3.82. The largest absolute Gasteiger partial charge is 0.389 e. The predicted octanol–water partition coefficient (Wildman–Crippen LogP) is 1.02. The minimum atomic E-state index is -0.265. The van der Waals surface area contributed by atoms with Crippen LogP contribution in [-0.2, 0) is 6.42 Å². The second-order valence-corrected chi connectivity index (χ2v) is 5.64. The van der Waals surface area contributed by atoms with E-state index < -0.39 is 0 Å². The van der Waals surface area contributed by atoms with Gasteiger partial charge in [-0.25, -0.2) is 4.98 Å². The summed E-state index contributed by atoms with van der Waals surface area (Å²) in [6.45, 7) is 1.81. The molecule has 0 aromatic carbocycles. The number of β-amino-alcohol motifs (C(OH)–C–C–N with tert-alkyl or cyclic N) is 1. The molecule has 0 radical (unpaired) electrons. The SMILES string of the molecule is O=C(NCCCc1ccccn1)c1ccc(N2CC(O)C2)nc1. The highest BCUT2D eigenvalue weighted by molar-refractivity contribution is 5.94. The van der Waals surface area contributed by atoms with Crippen molar-refractivity contribution in [2.75, 3.05) is 24.5 Å². The Morgan fingerprint density at radius 1 is 1.26 bits per heavy atom. The van der Waals surface area contributed by atoms with E-state index in [-0.39, 0.29) is 12.0 Å². The van der Waals surface area contributed by atoms with Crippen molar-refractivity contribution in [2.24, 2.45) is 0 Å². The summed E-state index contributed by atoms with van der Waals surface area (Å²) in [7, 11) is 0. The Hall–Kier alpha value is -2.47. The second-order valence-electron chi connectivity index (χ2n) is 5.64. The van der Waals surface area contributed by atoms with Crippen LogP contribution < -0.4 is 10.2 Å². The Balaban J connectivity index is 1.43. The first kappa shape index (κ1) is 15.4. The van der Waals surface area contributed by atoms with Crippen molar-refractivity contribution in [3.8, 4) is 0 Å². The fourth-order valence-electron chi connectivity index (χ4n) is 2.47. The zero-order valence-corrected chi connectivity index (χ0v) is 12.9. The number of amides is 1. The average Bonchev–Trinajstić information content (AvgIpc) is 2.57. The van der Waals surface area contributed by atoms with Crippen molar-refractivity contribution >= 4 is 11.7 Å². The summed E-state index contributed by atoms with van der Waals surface area (Å²) in [6, 6.07) is 9.42. The van der Waals surface area contributed by atoms with Gasteiger partial charge in [0.1, 0.15) is 5.82 Å². The molecule has 6 heteroatoms. The molecule has 0 atom stereocenters. The number of rotatable bonds is 6. The molecule has 2 N–H and O–H groups in total. The van der Waals surface area contributed by atoms with Gasteiger partial charge in [-0.2, -0.15) is 0 Å². The Morgan fingerprint density at radius 3 is 2.78 bits per heavy atom. The van der Waals surface area contributed by atoms with Crippen LogP contribution in [-0.4, -0.2) is 46.7 Å². The van der Waals surface area contributed by atoms with Gasteiger partial charge in [0.2, 0.25) is 0 Å². The van der Waals surface area contributed by atoms with Crippen LogP contribution in [0.15, 0.2) is 42.7 Å². The number of carbonyl (C=O) groups is 1. The van der Waals surface area contributed by atoms with Crippen LogP contribution in [0, 0.1) is 0 Å². The van der Waals surface area contributed by atoms with Crippen molar-refractivity contribution in [2.45, 2.75) is 18.9 Å². The minimum absolute atomic E-state index is 0.117. The van der Waals surface area contributed by atoms with Crippen LogP contribution in [0.2, 0.25) is 0 Å². The number of aromatic nitrogens is 2. The number of carbonyl (C=O) groups excluding carboxylic acids is 1. The lowest BCUT2D eigenvalue weighted by Crippen LogP contribution is -2.51. The highest BCUT2D eigenvalue weighted by Crippen LogP contribution is 2.18. The van der Waals surface area contributed by atoms with Gasteiger partial charge in [0.05, 0.1) is 11.7 Å². The molecule has 6 nitrogen and oxygen atoms in total. The Bertz CT molecular complexity index is 639. The molecule has 0 aliphatic carbocycles. The third kappa shape index (κ3) is 4.04. The lowest BCUT2D eigenvalue weighted by Gasteiger charge is -2.36. The van der Waals surface area contributed by atoms with Gasteiger partial charge in [0, 0.05) is 37.7 Å². The Kier molecular flexibility index (Phi) is 4.83. The zero-order chi connectivity index (χ0) is 16.1. The van der Waals surface area contributed by atoms with E-state index in [0.29, 0.717) is 25.2 Å². The standard InChI is InChI=1S/C17H20N4O2/c22-15-11-21(12-15)16-7-6-13(10-20-16)17(23)19-9-3-5-14-4-1-2-8-18-14/h1-2,4,6-8,10,15,22H,3,5,9,11-12H2,(H,19,23). The predicted molar refractivity (Wildman–Crippen MR) is 87.3 cm³/mol. The fraction of sp³-hybridized carbons (Fsp3) is 0.353. The molecule has 1 saturated heterocycles. The summed E-state index contributed by atoms with van der Waals surface area (Å²) < 4.78 is 0. The maximum Gasteiger partial charge on any atom is 0.252 e. The van der Waals surface area contributed by atoms with E-state index in [2.05, 4.69) is 15.3 Å². The maximum absolute atomic E-state index is 12.1. The zero-order valence-electron chi connectivity index (χ0n) is 12.9. The van der Waals surface area contributed by atoms with Gasteiger partial charge in [-0.1, -0.05) is 6.07 Å². The van der Waals surface area contributed by atoms with Crippen molar-refractivity contribution in [1.82, 2.24) is 15.3 Å². The molecule has 1 aliphatic heterocycles. The van der Waals surface area contributed by atoms with Crippen LogP contribution in [0.5, 0.6) is 0 Å². The molecular formula is C17H20N4O2. The highest BCUT2D eigenvalue weighted by Gasteiger charge is 2.25. The minimum Gasteiger partial charge on any atom is -0.389 e. The van der Waals surface area contributed by atoms with Gasteiger partial charge in [0.15, 0.2) is 0 Å². The number of nitrogens with one attached hydrogen (secondary N) is 1. The molecule has 0 bridgehead atoms. The van der Waals surface area contributed by atoms with Crippen LogP contribution in [0.25, 0.3) is 0 Å². The van der Waals surface area contributed by atoms with Gasteiger partial charge < -0.3 is 15.3 Å². The number of anilines is 1. The highest BCUT2D eigenvalue weighted by atomic mass is 16.3. The fourth-order valence-corrected chi connectivity index (χ4v) is 2.47. The smallest absolute Gasteiger partial charge is 0.252 e. The topological polar surface area (TPSA) is 78.4 Å². The molecule has 23 heavy (non-hydrogen) atoms. The first-order valence-electron chi connectivity index (χ1n) is 7.79. The first-order chi connectivity index (χ1) is 11.2. The summed E-state index contributed by atoms with van der Waals surface area (Å²) in [6.07, 6.45) is 4.78. The molecule has 0 spiro atoms. The van der Waals surface area contributed by atoms with E-state index in [1.165, 1.54) is 0 Å². The molecule has 3 heterocycles. The second kappa shape index (κ2) is 7.19. The molecular weight excluding hydrogens is 292 g/mol. The number of aliphatic hydroxyl groups excluding tert-OH is 1. The van der Waals surface area contributed by atoms with Crippen molar-refractivity contribution in [3.63, 3.8) is 0 Å². The van der Waals surface area contributed by atoms with E-state index in [1.807, 2.05) is 29.2 Å². The maximum atomic E-state index is 12.1. The molecule has 0 saturated carbocycles. The summed E-state index contributed by atoms with van der Waals surface area (Å²) in [5, 5.41) is 12.2. The number of pyridine rings is 2. The monoisotopic (exact) mass is 312 g/mol. The lowest BCUT2D eigenvalue weighted by atomic mass is 10.1. The molecule has 2 aromatic rings. The van der Waals surface area contributed by atoms with Gasteiger partial charge in [-0.05, 0) is 37.1 Å². The van der Waals surface area contributed by atoms with Crippen molar-refractivity contribution < 1.29 is 9.90 Å². The first-order valence-corrected chi connectivity index (χ1v) is 7.79. The third-order valence-electron chi connectivity index (χ3n) is 3.82. The number of aryl methyl sites for hydroxylation is 1. The molecule has 1 amide bonds. The molecule has 0 unspecified atom stereocenters. The van der Waals surface area contributed by atoms with E-state index in [1.54, 1.807) is 18.5 Å². The number of nitrogens with zero attached hydrogens (tertiary/aromatic N) is 3. The molecule has 3 rings (SSSR count). The Labute approximate surface area is 135 Å². The molecule has 1 fully saturated rings. The van der Waals surface area contributed by atoms with Crippen molar-refractivity contribution in [1.29, 1.82) is 0 Å². The number of aliphatic hydroxyl groups is 1. The normalized spacial score (nSPS) is 14.4. The van der Waals surface area contributed by atoms with E-state index >= 15 is 0 Å². The van der Waals surface area contributed by atoms with Crippen LogP contribution >= 0.6 is 0 Å². The van der Waals surface area contributed by atoms with Crippen LogP contribution in [0.1, 0.15) is 22.5 Å². The van der Waals surface area contributed by atoms with E-state index in [4.69, 9.17) is 0 Å². The number of hydrogen-bond acceptors (Lipinski definition) is 5. The van der Waals surface area contributed by atoms with Gasteiger partial charge in [-0.3, -0.25) is 9.78 Å². The number of hydrogen-bond donors (Lipinski definition) is 2. The Morgan fingerprint density at radius 2 is 2.13 bits per heavy atom. The van der Waals surface area contributed by atoms with E-state index in [0.717, 1.165) is 24.4 Å².